The van der Waals surface area contributed by atoms with Gasteiger partial charge in [0.1, 0.15) is 36.3 Å². The van der Waals surface area contributed by atoms with Crippen molar-refractivity contribution in [1.82, 2.24) is 0 Å². The maximum atomic E-state index is 16.0. The Balaban J connectivity index is 1.19. The zero-order valence-corrected chi connectivity index (χ0v) is 25.6. The minimum atomic E-state index is -0.155. The Morgan fingerprint density at radius 2 is 1.72 bits per heavy atom. The molecule has 6 rings (SSSR count). The summed E-state index contributed by atoms with van der Waals surface area (Å²) in [5.41, 5.74) is 4.78. The van der Waals surface area contributed by atoms with Crippen molar-refractivity contribution in [2.75, 3.05) is 27.9 Å². The van der Waals surface area contributed by atoms with Crippen LogP contribution in [0.2, 0.25) is 0 Å². The van der Waals surface area contributed by atoms with E-state index in [0.717, 1.165) is 77.9 Å². The predicted molar refractivity (Wildman–Crippen MR) is 166 cm³/mol. The highest BCUT2D eigenvalue weighted by Crippen LogP contribution is 2.56. The SMILES string of the molecule is COc1cc(C2CCCCC3(CC2)CC(C(OC)OC)C3)c(F)cc1C1=CCOc2cc(OCc3ccccc3)ccc21. The highest BCUT2D eigenvalue weighted by Gasteiger charge is 2.47. The summed E-state index contributed by atoms with van der Waals surface area (Å²) in [6.45, 7) is 0.877. The van der Waals surface area contributed by atoms with E-state index in [2.05, 4.69) is 0 Å². The van der Waals surface area contributed by atoms with Gasteiger partial charge in [0.25, 0.3) is 0 Å². The first kappa shape index (κ1) is 29.7. The highest BCUT2D eigenvalue weighted by atomic mass is 19.1. The van der Waals surface area contributed by atoms with Gasteiger partial charge in [-0.15, -0.1) is 0 Å². The van der Waals surface area contributed by atoms with E-state index in [1.807, 2.05) is 60.7 Å². The van der Waals surface area contributed by atoms with Gasteiger partial charge in [0.05, 0.1) is 7.11 Å². The van der Waals surface area contributed by atoms with Crippen LogP contribution in [0.5, 0.6) is 17.2 Å². The van der Waals surface area contributed by atoms with Gasteiger partial charge >= 0.3 is 0 Å². The van der Waals surface area contributed by atoms with Crippen LogP contribution in [0.15, 0.2) is 66.7 Å². The molecule has 3 aromatic carbocycles. The van der Waals surface area contributed by atoms with Crippen molar-refractivity contribution in [3.63, 3.8) is 0 Å². The monoisotopic (exact) mass is 586 g/mol. The van der Waals surface area contributed by atoms with Crippen LogP contribution in [0.4, 0.5) is 4.39 Å². The Labute approximate surface area is 255 Å². The summed E-state index contributed by atoms with van der Waals surface area (Å²) < 4.78 is 45.0. The molecular formula is C37H43FO5. The van der Waals surface area contributed by atoms with Gasteiger partial charge in [-0.25, -0.2) is 4.39 Å². The molecule has 43 heavy (non-hydrogen) atoms. The third kappa shape index (κ3) is 6.32. The van der Waals surface area contributed by atoms with Crippen molar-refractivity contribution in [2.24, 2.45) is 11.3 Å². The smallest absolute Gasteiger partial charge is 0.159 e. The summed E-state index contributed by atoms with van der Waals surface area (Å²) in [5, 5.41) is 0. The summed E-state index contributed by atoms with van der Waals surface area (Å²) in [7, 11) is 5.12. The lowest BCUT2D eigenvalue weighted by Gasteiger charge is -2.51. The molecule has 1 heterocycles. The molecule has 0 amide bonds. The van der Waals surface area contributed by atoms with Gasteiger partial charge in [-0.2, -0.15) is 0 Å². The summed E-state index contributed by atoms with van der Waals surface area (Å²) in [6.07, 6.45) is 10.8. The molecule has 0 bridgehead atoms. The van der Waals surface area contributed by atoms with Gasteiger partial charge in [-0.1, -0.05) is 43.2 Å². The van der Waals surface area contributed by atoms with Gasteiger partial charge in [0.2, 0.25) is 0 Å². The van der Waals surface area contributed by atoms with Crippen LogP contribution >= 0.6 is 0 Å². The Hall–Kier alpha value is -3.35. The van der Waals surface area contributed by atoms with Crippen LogP contribution < -0.4 is 14.2 Å². The topological polar surface area (TPSA) is 46.2 Å². The predicted octanol–water partition coefficient (Wildman–Crippen LogP) is 8.69. The third-order valence-corrected chi connectivity index (χ3v) is 9.84. The van der Waals surface area contributed by atoms with Crippen LogP contribution in [0, 0.1) is 17.2 Å². The van der Waals surface area contributed by atoms with E-state index in [4.69, 9.17) is 23.7 Å². The third-order valence-electron chi connectivity index (χ3n) is 9.84. The second kappa shape index (κ2) is 13.1. The Bertz CT molecular complexity index is 1420. The molecule has 1 atom stereocenters. The maximum Gasteiger partial charge on any atom is 0.159 e. The summed E-state index contributed by atoms with van der Waals surface area (Å²) in [5.74, 6) is 2.63. The van der Waals surface area contributed by atoms with Gasteiger partial charge in [-0.3, -0.25) is 0 Å². The molecule has 0 aromatic heterocycles. The van der Waals surface area contributed by atoms with Crippen LogP contribution in [-0.4, -0.2) is 34.2 Å². The largest absolute Gasteiger partial charge is 0.496 e. The molecular weight excluding hydrogens is 543 g/mol. The zero-order valence-electron chi connectivity index (χ0n) is 25.6. The molecule has 2 saturated carbocycles. The quantitative estimate of drug-likeness (QED) is 0.235. The normalized spacial score (nSPS) is 23.4. The Morgan fingerprint density at radius 1 is 0.907 bits per heavy atom. The summed E-state index contributed by atoms with van der Waals surface area (Å²) in [6, 6.07) is 19.5. The molecule has 1 unspecified atom stereocenters. The lowest BCUT2D eigenvalue weighted by Crippen LogP contribution is -2.44. The number of fused-ring (bicyclic) bond motifs is 1. The minimum Gasteiger partial charge on any atom is -0.496 e. The van der Waals surface area contributed by atoms with Gasteiger partial charge in [-0.05, 0) is 96.9 Å². The van der Waals surface area contributed by atoms with E-state index in [0.29, 0.717) is 30.3 Å². The lowest BCUT2D eigenvalue weighted by atomic mass is 9.56. The second-order valence-corrected chi connectivity index (χ2v) is 12.4. The van der Waals surface area contributed by atoms with Gasteiger partial charge in [0.15, 0.2) is 6.29 Å². The van der Waals surface area contributed by atoms with E-state index >= 15 is 4.39 Å². The van der Waals surface area contributed by atoms with Crippen LogP contribution in [0.3, 0.4) is 0 Å². The minimum absolute atomic E-state index is 0.126. The Kier molecular flexibility index (Phi) is 9.06. The number of ether oxygens (including phenoxy) is 5. The van der Waals surface area contributed by atoms with E-state index < -0.39 is 0 Å². The number of hydrogen-bond acceptors (Lipinski definition) is 5. The molecule has 2 aliphatic carbocycles. The number of hydrogen-bond donors (Lipinski definition) is 0. The van der Waals surface area contributed by atoms with E-state index in [1.54, 1.807) is 27.4 Å². The molecule has 0 saturated heterocycles. The molecule has 1 spiro atoms. The highest BCUT2D eigenvalue weighted by molar-refractivity contribution is 5.87. The van der Waals surface area contributed by atoms with Crippen LogP contribution in [-0.2, 0) is 16.1 Å². The van der Waals surface area contributed by atoms with Crippen molar-refractivity contribution in [2.45, 2.75) is 70.2 Å². The maximum absolute atomic E-state index is 16.0. The Morgan fingerprint density at radius 3 is 2.49 bits per heavy atom. The van der Waals surface area contributed by atoms with Crippen LogP contribution in [0.25, 0.3) is 5.57 Å². The van der Waals surface area contributed by atoms with E-state index in [9.17, 15) is 0 Å². The molecule has 1 aliphatic heterocycles. The second-order valence-electron chi connectivity index (χ2n) is 12.4. The van der Waals surface area contributed by atoms with Crippen molar-refractivity contribution in [3.8, 4) is 17.2 Å². The number of benzene rings is 3. The fraction of sp³-hybridized carbons (Fsp3) is 0.459. The van der Waals surface area contributed by atoms with Crippen LogP contribution in [0.1, 0.15) is 79.5 Å². The molecule has 2 fully saturated rings. The first-order valence-electron chi connectivity index (χ1n) is 15.6. The number of methoxy groups -OCH3 is 3. The van der Waals surface area contributed by atoms with Crippen molar-refractivity contribution in [1.29, 1.82) is 0 Å². The fourth-order valence-electron chi connectivity index (χ4n) is 7.60. The molecule has 6 heteroatoms. The molecule has 3 aromatic rings. The molecule has 0 N–H and O–H groups in total. The molecule has 5 nitrogen and oxygen atoms in total. The van der Waals surface area contributed by atoms with Crippen molar-refractivity contribution >= 4 is 5.57 Å². The summed E-state index contributed by atoms with van der Waals surface area (Å²) >= 11 is 0. The first-order valence-corrected chi connectivity index (χ1v) is 15.6. The van der Waals surface area contributed by atoms with Crippen molar-refractivity contribution in [3.05, 3.63) is 94.8 Å². The van der Waals surface area contributed by atoms with Crippen molar-refractivity contribution < 1.29 is 28.1 Å². The van der Waals surface area contributed by atoms with E-state index in [-0.39, 0.29) is 18.0 Å². The average molecular weight is 587 g/mol. The van der Waals surface area contributed by atoms with Gasteiger partial charge < -0.3 is 23.7 Å². The van der Waals surface area contributed by atoms with E-state index in [1.165, 1.54) is 12.8 Å². The molecule has 3 aliphatic rings. The summed E-state index contributed by atoms with van der Waals surface area (Å²) in [4.78, 5) is 0. The first-order chi connectivity index (χ1) is 21.0. The average Bonchev–Trinajstić information content (AvgIpc) is 3.01. The molecule has 228 valence electrons. The zero-order chi connectivity index (χ0) is 29.8. The fourth-order valence-corrected chi connectivity index (χ4v) is 7.60. The molecule has 0 radical (unpaired) electrons. The lowest BCUT2D eigenvalue weighted by molar-refractivity contribution is -0.184. The standard InChI is InChI=1S/C37H43FO5/c1-39-34-21-31(26-11-7-8-16-37(17-14-26)22-27(23-37)36(40-2)41-3)33(38)20-32(34)29-15-18-42-35-19-28(12-13-30(29)35)43-24-25-9-5-4-6-10-25/h4-6,9-10,12-13,15,19-21,26-27,36H,7-8,11,14,16-18,22-24H2,1-3H3. The number of rotatable bonds is 9. The number of halogens is 1. The van der Waals surface area contributed by atoms with Gasteiger partial charge in [0, 0.05) is 37.3 Å².